The van der Waals surface area contributed by atoms with Gasteiger partial charge in [0.2, 0.25) is 5.91 Å². The molecule has 1 aliphatic rings. The van der Waals surface area contributed by atoms with Crippen molar-refractivity contribution in [3.8, 4) is 0 Å². The fourth-order valence-corrected chi connectivity index (χ4v) is 3.38. The van der Waals surface area contributed by atoms with Crippen LogP contribution in [0.25, 0.3) is 0 Å². The molecule has 1 heterocycles. The van der Waals surface area contributed by atoms with Gasteiger partial charge < -0.3 is 10.0 Å². The van der Waals surface area contributed by atoms with E-state index in [9.17, 15) is 14.7 Å². The first kappa shape index (κ1) is 15.9. The van der Waals surface area contributed by atoms with Gasteiger partial charge in [0.1, 0.15) is 6.04 Å². The van der Waals surface area contributed by atoms with Crippen molar-refractivity contribution in [3.05, 3.63) is 35.4 Å². The van der Waals surface area contributed by atoms with E-state index >= 15 is 0 Å². The van der Waals surface area contributed by atoms with Gasteiger partial charge in [0.25, 0.3) is 0 Å². The van der Waals surface area contributed by atoms with E-state index in [1.165, 1.54) is 16.0 Å². The smallest absolute Gasteiger partial charge is 0.326 e. The van der Waals surface area contributed by atoms with Gasteiger partial charge in [-0.05, 0) is 31.7 Å². The molecule has 1 saturated heterocycles. The Balaban J connectivity index is 1.83. The van der Waals surface area contributed by atoms with Crippen LogP contribution in [0.4, 0.5) is 0 Å². The Morgan fingerprint density at radius 1 is 1.29 bits per heavy atom. The summed E-state index contributed by atoms with van der Waals surface area (Å²) in [5.41, 5.74) is 2.41. The number of carbonyl (C=O) groups excluding carboxylic acids is 1. The van der Waals surface area contributed by atoms with Crippen LogP contribution in [0.5, 0.6) is 0 Å². The molecule has 0 aliphatic carbocycles. The monoisotopic (exact) mass is 307 g/mol. The Bertz CT molecular complexity index is 501. The fourth-order valence-electron chi connectivity index (χ4n) is 2.51. The molecule has 4 nitrogen and oxygen atoms in total. The highest BCUT2D eigenvalue weighted by Crippen LogP contribution is 2.20. The Morgan fingerprint density at radius 3 is 2.67 bits per heavy atom. The van der Waals surface area contributed by atoms with Gasteiger partial charge >= 0.3 is 5.97 Å². The highest BCUT2D eigenvalue weighted by Gasteiger charge is 2.31. The molecule has 0 aromatic heterocycles. The van der Waals surface area contributed by atoms with E-state index in [4.69, 9.17) is 0 Å². The molecule has 1 amide bonds. The molecule has 5 heteroatoms. The first-order valence-corrected chi connectivity index (χ1v) is 8.39. The maximum absolute atomic E-state index is 12.2. The minimum absolute atomic E-state index is 0.0563. The maximum Gasteiger partial charge on any atom is 0.326 e. The Labute approximate surface area is 129 Å². The molecular formula is C16H21NO3S. The van der Waals surface area contributed by atoms with Gasteiger partial charge in [0, 0.05) is 12.3 Å². The number of benzene rings is 1. The van der Waals surface area contributed by atoms with Gasteiger partial charge in [-0.15, -0.1) is 11.8 Å². The largest absolute Gasteiger partial charge is 0.480 e. The highest BCUT2D eigenvalue weighted by molar-refractivity contribution is 7.99. The molecule has 1 aliphatic heterocycles. The normalized spacial score (nSPS) is 18.5. The summed E-state index contributed by atoms with van der Waals surface area (Å²) in [5, 5.41) is 9.19. The van der Waals surface area contributed by atoms with E-state index in [1.807, 2.05) is 6.92 Å². The number of hydrogen-bond acceptors (Lipinski definition) is 3. The lowest BCUT2D eigenvalue weighted by atomic mass is 10.0. The average Bonchev–Trinajstić information content (AvgIpc) is 2.49. The van der Waals surface area contributed by atoms with E-state index in [-0.39, 0.29) is 5.91 Å². The minimum atomic E-state index is -0.883. The predicted molar refractivity (Wildman–Crippen MR) is 84.3 cm³/mol. The van der Waals surface area contributed by atoms with E-state index in [0.29, 0.717) is 18.7 Å². The van der Waals surface area contributed by atoms with Gasteiger partial charge in [0.05, 0.1) is 5.75 Å². The lowest BCUT2D eigenvalue weighted by Gasteiger charge is -2.32. The second kappa shape index (κ2) is 7.50. The van der Waals surface area contributed by atoms with Crippen molar-refractivity contribution in [1.29, 1.82) is 0 Å². The van der Waals surface area contributed by atoms with Crippen molar-refractivity contribution in [2.45, 2.75) is 38.0 Å². The van der Waals surface area contributed by atoms with Crippen LogP contribution < -0.4 is 0 Å². The molecule has 114 valence electrons. The summed E-state index contributed by atoms with van der Waals surface area (Å²) in [4.78, 5) is 24.9. The minimum Gasteiger partial charge on any atom is -0.480 e. The summed E-state index contributed by atoms with van der Waals surface area (Å²) < 4.78 is 0. The standard InChI is InChI=1S/C16H21NO3S/c1-12-5-7-13(8-6-12)10-21-11-15(18)17-9-3-2-4-14(17)16(19)20/h5-8,14H,2-4,9-11H2,1H3,(H,19,20)/t14-/m0/s1. The number of nitrogens with zero attached hydrogens (tertiary/aromatic N) is 1. The van der Waals surface area contributed by atoms with E-state index < -0.39 is 12.0 Å². The number of carboxylic acid groups (broad SMARTS) is 1. The number of rotatable bonds is 5. The van der Waals surface area contributed by atoms with E-state index in [0.717, 1.165) is 18.6 Å². The van der Waals surface area contributed by atoms with Gasteiger partial charge in [0.15, 0.2) is 0 Å². The number of likely N-dealkylation sites (tertiary alicyclic amines) is 1. The number of amides is 1. The van der Waals surface area contributed by atoms with Gasteiger partial charge in [-0.25, -0.2) is 4.79 Å². The third-order valence-corrected chi connectivity index (χ3v) is 4.71. The van der Waals surface area contributed by atoms with Crippen molar-refractivity contribution >= 4 is 23.6 Å². The molecule has 0 bridgehead atoms. The van der Waals surface area contributed by atoms with E-state index in [1.54, 1.807) is 11.8 Å². The zero-order chi connectivity index (χ0) is 15.2. The lowest BCUT2D eigenvalue weighted by Crippen LogP contribution is -2.48. The van der Waals surface area contributed by atoms with Crippen LogP contribution in [-0.4, -0.2) is 40.2 Å². The molecule has 2 rings (SSSR count). The number of thioether (sulfide) groups is 1. The number of piperidine rings is 1. The first-order valence-electron chi connectivity index (χ1n) is 7.23. The molecule has 1 atom stereocenters. The quantitative estimate of drug-likeness (QED) is 0.908. The third kappa shape index (κ3) is 4.49. The first-order chi connectivity index (χ1) is 10.1. The van der Waals surface area contributed by atoms with E-state index in [2.05, 4.69) is 24.3 Å². The zero-order valence-electron chi connectivity index (χ0n) is 12.2. The second-order valence-corrected chi connectivity index (χ2v) is 6.40. The Hall–Kier alpha value is -1.49. The van der Waals surface area contributed by atoms with Gasteiger partial charge in [-0.1, -0.05) is 29.8 Å². The molecule has 1 aromatic rings. The van der Waals surface area contributed by atoms with Crippen LogP contribution >= 0.6 is 11.8 Å². The van der Waals surface area contributed by atoms with Crippen molar-refractivity contribution in [1.82, 2.24) is 4.90 Å². The number of aryl methyl sites for hydroxylation is 1. The molecular weight excluding hydrogens is 286 g/mol. The molecule has 21 heavy (non-hydrogen) atoms. The summed E-state index contributed by atoms with van der Waals surface area (Å²) in [6, 6.07) is 7.61. The van der Waals surface area contributed by atoms with Crippen LogP contribution in [0.2, 0.25) is 0 Å². The van der Waals surface area contributed by atoms with Gasteiger partial charge in [-0.2, -0.15) is 0 Å². The molecule has 0 saturated carbocycles. The van der Waals surface area contributed by atoms with Crippen LogP contribution in [-0.2, 0) is 15.3 Å². The molecule has 1 aromatic carbocycles. The molecule has 0 unspecified atom stereocenters. The summed E-state index contributed by atoms with van der Waals surface area (Å²) in [5.74, 6) is 0.181. The van der Waals surface area contributed by atoms with Gasteiger partial charge in [-0.3, -0.25) is 4.79 Å². The van der Waals surface area contributed by atoms with Crippen molar-refractivity contribution in [2.24, 2.45) is 0 Å². The molecule has 0 radical (unpaired) electrons. The van der Waals surface area contributed by atoms with Crippen LogP contribution in [0, 0.1) is 6.92 Å². The number of hydrogen-bond donors (Lipinski definition) is 1. The van der Waals surface area contributed by atoms with Crippen LogP contribution in [0.3, 0.4) is 0 Å². The van der Waals surface area contributed by atoms with Crippen molar-refractivity contribution in [3.63, 3.8) is 0 Å². The topological polar surface area (TPSA) is 57.6 Å². The van der Waals surface area contributed by atoms with Crippen molar-refractivity contribution in [2.75, 3.05) is 12.3 Å². The summed E-state index contributed by atoms with van der Waals surface area (Å²) in [7, 11) is 0. The average molecular weight is 307 g/mol. The summed E-state index contributed by atoms with van der Waals surface area (Å²) in [6.45, 7) is 2.61. The number of aliphatic carboxylic acids is 1. The molecule has 1 N–H and O–H groups in total. The number of carbonyl (C=O) groups is 2. The zero-order valence-corrected chi connectivity index (χ0v) is 13.1. The number of carboxylic acids is 1. The second-order valence-electron chi connectivity index (χ2n) is 5.42. The Morgan fingerprint density at radius 2 is 2.00 bits per heavy atom. The van der Waals surface area contributed by atoms with Crippen LogP contribution in [0.1, 0.15) is 30.4 Å². The van der Waals surface area contributed by atoms with Crippen LogP contribution in [0.15, 0.2) is 24.3 Å². The third-order valence-electron chi connectivity index (χ3n) is 3.72. The molecule has 0 spiro atoms. The predicted octanol–water partition coefficient (Wildman–Crippen LogP) is 2.69. The molecule has 1 fully saturated rings. The SMILES string of the molecule is Cc1ccc(CSCC(=O)N2CCCC[C@H]2C(=O)O)cc1. The fraction of sp³-hybridized carbons (Fsp3) is 0.500. The summed E-state index contributed by atoms with van der Waals surface area (Å²) >= 11 is 1.54. The van der Waals surface area contributed by atoms with Crippen molar-refractivity contribution < 1.29 is 14.7 Å². The highest BCUT2D eigenvalue weighted by atomic mass is 32.2. The Kier molecular flexibility index (Phi) is 5.67. The lowest BCUT2D eigenvalue weighted by molar-refractivity contribution is -0.150. The summed E-state index contributed by atoms with van der Waals surface area (Å²) in [6.07, 6.45) is 2.36. The maximum atomic E-state index is 12.2.